The molecule has 0 spiro atoms. The summed E-state index contributed by atoms with van der Waals surface area (Å²) >= 11 is 0. The Morgan fingerprint density at radius 1 is 1.10 bits per heavy atom. The van der Waals surface area contributed by atoms with Crippen LogP contribution < -0.4 is 10.6 Å². The van der Waals surface area contributed by atoms with E-state index in [1.807, 2.05) is 12.2 Å². The number of guanidine groups is 1. The maximum Gasteiger partial charge on any atom is 0.191 e. The summed E-state index contributed by atoms with van der Waals surface area (Å²) in [5.41, 5.74) is 0. The minimum Gasteiger partial charge on any atom is -0.357 e. The van der Waals surface area contributed by atoms with Crippen molar-refractivity contribution < 1.29 is 0 Å². The van der Waals surface area contributed by atoms with Gasteiger partial charge in [0.1, 0.15) is 0 Å². The Hall–Kier alpha value is -0.560. The molecule has 0 saturated carbocycles. The fourth-order valence-corrected chi connectivity index (χ4v) is 2.12. The maximum atomic E-state index is 4.69. The Bertz CT molecular complexity index is 285. The van der Waals surface area contributed by atoms with Crippen molar-refractivity contribution in [2.24, 2.45) is 10.9 Å². The van der Waals surface area contributed by atoms with Crippen molar-refractivity contribution in [1.82, 2.24) is 15.5 Å². The van der Waals surface area contributed by atoms with E-state index in [1.165, 1.54) is 0 Å². The Kier molecular flexibility index (Phi) is 15.6. The van der Waals surface area contributed by atoms with Crippen molar-refractivity contribution in [2.75, 3.05) is 32.7 Å². The average Bonchev–Trinajstić information content (AvgIpc) is 2.39. The van der Waals surface area contributed by atoms with E-state index in [4.69, 9.17) is 4.99 Å². The molecule has 5 heteroatoms. The monoisotopic (exact) mass is 408 g/mol. The van der Waals surface area contributed by atoms with Gasteiger partial charge in [-0.05, 0) is 19.8 Å². The van der Waals surface area contributed by atoms with Crippen LogP contribution in [-0.2, 0) is 0 Å². The molecule has 0 amide bonds. The second kappa shape index (κ2) is 14.4. The maximum absolute atomic E-state index is 4.69. The summed E-state index contributed by atoms with van der Waals surface area (Å²) in [5.74, 6) is 1.42. The van der Waals surface area contributed by atoms with Crippen LogP contribution in [0.15, 0.2) is 30.3 Å². The van der Waals surface area contributed by atoms with E-state index in [0.717, 1.165) is 38.7 Å². The highest BCUT2D eigenvalue weighted by Crippen LogP contribution is 2.11. The molecule has 1 unspecified atom stereocenters. The molecule has 0 bridgehead atoms. The predicted molar refractivity (Wildman–Crippen MR) is 106 cm³/mol. The molecule has 0 aromatic rings. The zero-order chi connectivity index (χ0) is 15.4. The third kappa shape index (κ3) is 9.90. The molecule has 0 aromatic heterocycles. The van der Waals surface area contributed by atoms with Gasteiger partial charge in [-0.1, -0.05) is 26.0 Å². The molecule has 0 aromatic carbocycles. The van der Waals surface area contributed by atoms with E-state index >= 15 is 0 Å². The van der Waals surface area contributed by atoms with Crippen LogP contribution in [0.25, 0.3) is 0 Å². The summed E-state index contributed by atoms with van der Waals surface area (Å²) in [7, 11) is 0. The van der Waals surface area contributed by atoms with Gasteiger partial charge in [-0.25, -0.2) is 0 Å². The number of nitrogens with zero attached hydrogens (tertiary/aromatic N) is 2. The molecule has 0 fully saturated rings. The highest BCUT2D eigenvalue weighted by Gasteiger charge is 2.19. The van der Waals surface area contributed by atoms with Crippen molar-refractivity contribution in [2.45, 2.75) is 33.7 Å². The normalized spacial score (nSPS) is 11.5. The van der Waals surface area contributed by atoms with E-state index in [-0.39, 0.29) is 24.0 Å². The topological polar surface area (TPSA) is 39.7 Å². The Balaban J connectivity index is 0. The van der Waals surface area contributed by atoms with Crippen LogP contribution in [0.1, 0.15) is 27.7 Å². The largest absolute Gasteiger partial charge is 0.357 e. The molecule has 4 nitrogen and oxygen atoms in total. The first-order valence-electron chi connectivity index (χ1n) is 7.58. The third-order valence-electron chi connectivity index (χ3n) is 3.09. The summed E-state index contributed by atoms with van der Waals surface area (Å²) in [6.45, 7) is 20.6. The zero-order valence-electron chi connectivity index (χ0n) is 14.1. The molecular weight excluding hydrogens is 375 g/mol. The number of halogens is 1. The standard InChI is InChI=1S/C16H32N4.HI/c1-7-11-20(12-8-2)15(14(5)6)13-19-16(17-9-3)18-10-4;/h7-8,14-15H,1-2,9-13H2,3-6H3,(H2,17,18,19);1H. The Labute approximate surface area is 148 Å². The van der Waals surface area contributed by atoms with E-state index in [9.17, 15) is 0 Å². The van der Waals surface area contributed by atoms with E-state index in [1.54, 1.807) is 0 Å². The summed E-state index contributed by atoms with van der Waals surface area (Å²) in [6, 6.07) is 0.387. The van der Waals surface area contributed by atoms with Gasteiger partial charge in [-0.2, -0.15) is 0 Å². The highest BCUT2D eigenvalue weighted by molar-refractivity contribution is 14.0. The first-order valence-corrected chi connectivity index (χ1v) is 7.58. The van der Waals surface area contributed by atoms with Crippen LogP contribution in [0, 0.1) is 5.92 Å². The molecule has 21 heavy (non-hydrogen) atoms. The molecule has 0 saturated heterocycles. The number of rotatable bonds is 10. The smallest absolute Gasteiger partial charge is 0.191 e. The molecule has 0 aliphatic heterocycles. The molecular formula is C16H33IN4. The predicted octanol–water partition coefficient (Wildman–Crippen LogP) is 2.88. The van der Waals surface area contributed by atoms with Gasteiger partial charge < -0.3 is 10.6 Å². The lowest BCUT2D eigenvalue weighted by molar-refractivity contribution is 0.195. The van der Waals surface area contributed by atoms with Crippen LogP contribution in [0.3, 0.4) is 0 Å². The van der Waals surface area contributed by atoms with Crippen molar-refractivity contribution in [1.29, 1.82) is 0 Å². The summed E-state index contributed by atoms with van der Waals surface area (Å²) < 4.78 is 0. The number of nitrogens with one attached hydrogen (secondary N) is 2. The average molecular weight is 408 g/mol. The molecule has 0 radical (unpaired) electrons. The van der Waals surface area contributed by atoms with Crippen LogP contribution in [-0.4, -0.2) is 49.6 Å². The number of hydrogen-bond acceptors (Lipinski definition) is 2. The summed E-state index contributed by atoms with van der Waals surface area (Å²) in [6.07, 6.45) is 3.89. The second-order valence-electron chi connectivity index (χ2n) is 5.09. The number of aliphatic imine (C=N–C) groups is 1. The van der Waals surface area contributed by atoms with Gasteiger partial charge in [0.2, 0.25) is 0 Å². The van der Waals surface area contributed by atoms with Crippen LogP contribution in [0.5, 0.6) is 0 Å². The van der Waals surface area contributed by atoms with Gasteiger partial charge >= 0.3 is 0 Å². The van der Waals surface area contributed by atoms with Crippen LogP contribution in [0.4, 0.5) is 0 Å². The van der Waals surface area contributed by atoms with Crippen molar-refractivity contribution in [3.63, 3.8) is 0 Å². The quantitative estimate of drug-likeness (QED) is 0.253. The molecule has 0 heterocycles. The molecule has 0 aliphatic carbocycles. The van der Waals surface area contributed by atoms with Crippen LogP contribution in [0.2, 0.25) is 0 Å². The van der Waals surface area contributed by atoms with Crippen LogP contribution >= 0.6 is 24.0 Å². The zero-order valence-corrected chi connectivity index (χ0v) is 16.4. The van der Waals surface area contributed by atoms with Crippen molar-refractivity contribution in [3.8, 4) is 0 Å². The highest BCUT2D eigenvalue weighted by atomic mass is 127. The Morgan fingerprint density at radius 3 is 1.90 bits per heavy atom. The minimum absolute atomic E-state index is 0. The number of hydrogen-bond donors (Lipinski definition) is 2. The van der Waals surface area contributed by atoms with Gasteiger partial charge in [-0.3, -0.25) is 9.89 Å². The van der Waals surface area contributed by atoms with E-state index < -0.39 is 0 Å². The summed E-state index contributed by atoms with van der Waals surface area (Å²) in [4.78, 5) is 7.06. The van der Waals surface area contributed by atoms with Gasteiger partial charge in [0.15, 0.2) is 5.96 Å². The lowest BCUT2D eigenvalue weighted by Crippen LogP contribution is -2.43. The van der Waals surface area contributed by atoms with Gasteiger partial charge in [-0.15, -0.1) is 37.1 Å². The SMILES string of the molecule is C=CCN(CC=C)C(CN=C(NCC)NCC)C(C)C.I. The molecule has 124 valence electrons. The summed E-state index contributed by atoms with van der Waals surface area (Å²) in [5, 5.41) is 6.52. The molecule has 2 N–H and O–H groups in total. The lowest BCUT2D eigenvalue weighted by atomic mass is 10.0. The first kappa shape index (κ1) is 22.7. The molecule has 1 atom stereocenters. The fourth-order valence-electron chi connectivity index (χ4n) is 2.12. The van der Waals surface area contributed by atoms with E-state index in [0.29, 0.717) is 12.0 Å². The first-order chi connectivity index (χ1) is 9.60. The van der Waals surface area contributed by atoms with Gasteiger partial charge in [0.25, 0.3) is 0 Å². The fraction of sp³-hybridized carbons (Fsp3) is 0.688. The molecule has 0 rings (SSSR count). The molecule has 0 aliphatic rings. The second-order valence-corrected chi connectivity index (χ2v) is 5.09. The lowest BCUT2D eigenvalue weighted by Gasteiger charge is -2.32. The Morgan fingerprint density at radius 2 is 1.57 bits per heavy atom. The minimum atomic E-state index is 0. The van der Waals surface area contributed by atoms with E-state index in [2.05, 4.69) is 56.4 Å². The van der Waals surface area contributed by atoms with Gasteiger partial charge in [0.05, 0.1) is 6.54 Å². The van der Waals surface area contributed by atoms with Crippen molar-refractivity contribution >= 4 is 29.9 Å². The van der Waals surface area contributed by atoms with Gasteiger partial charge in [0, 0.05) is 32.2 Å². The van der Waals surface area contributed by atoms with Crippen molar-refractivity contribution in [3.05, 3.63) is 25.3 Å². The third-order valence-corrected chi connectivity index (χ3v) is 3.09.